The fourth-order valence-electron chi connectivity index (χ4n) is 6.43. The van der Waals surface area contributed by atoms with E-state index in [-0.39, 0.29) is 68.4 Å². The Labute approximate surface area is 389 Å². The SMILES string of the molecule is CCCCCCCCCCCCCCCC(=O)OCC(COP(=O)([O-])OCCNC(=O)CCC(=O)OC[Si](C)(C)C)OC(=O)CCCCCCCCCCCCCCC.[Na+]. The molecule has 60 heavy (non-hydrogen) atoms. The van der Waals surface area contributed by atoms with E-state index < -0.39 is 59.0 Å². The van der Waals surface area contributed by atoms with Crippen molar-refractivity contribution in [2.45, 2.75) is 232 Å². The van der Waals surface area contributed by atoms with Crippen molar-refractivity contribution in [2.75, 3.05) is 32.6 Å². The molecule has 0 saturated heterocycles. The van der Waals surface area contributed by atoms with Crippen LogP contribution in [-0.4, -0.2) is 70.6 Å². The summed E-state index contributed by atoms with van der Waals surface area (Å²) in [4.78, 5) is 61.7. The average Bonchev–Trinajstić information content (AvgIpc) is 3.19. The van der Waals surface area contributed by atoms with E-state index in [1.807, 2.05) is 0 Å². The Balaban J connectivity index is 0. The van der Waals surface area contributed by atoms with Gasteiger partial charge in [-0.25, -0.2) is 0 Å². The second-order valence-corrected chi connectivity index (χ2v) is 24.2. The Morgan fingerprint density at radius 1 is 0.533 bits per heavy atom. The molecule has 0 aliphatic heterocycles. The predicted octanol–water partition coefficient (Wildman–Crippen LogP) is 8.23. The third-order valence-electron chi connectivity index (χ3n) is 10.0. The minimum Gasteiger partial charge on any atom is -0.756 e. The second-order valence-electron chi connectivity index (χ2n) is 17.4. The summed E-state index contributed by atoms with van der Waals surface area (Å²) in [5, 5.41) is 2.50. The molecule has 0 bridgehead atoms. The van der Waals surface area contributed by atoms with Gasteiger partial charge in [0.1, 0.15) is 6.61 Å². The number of phosphoric acid groups is 1. The zero-order chi connectivity index (χ0) is 43.9. The molecule has 0 radical (unpaired) electrons. The number of ether oxygens (including phenoxy) is 3. The molecular weight excluding hydrogens is 813 g/mol. The van der Waals surface area contributed by atoms with Crippen LogP contribution in [0.1, 0.15) is 206 Å². The molecule has 2 unspecified atom stereocenters. The number of hydrogen-bond donors (Lipinski definition) is 1. The van der Waals surface area contributed by atoms with Gasteiger partial charge >= 0.3 is 47.5 Å². The molecule has 348 valence electrons. The summed E-state index contributed by atoms with van der Waals surface area (Å²) < 4.78 is 38.5. The smallest absolute Gasteiger partial charge is 0.756 e. The van der Waals surface area contributed by atoms with Gasteiger partial charge in [0.2, 0.25) is 5.91 Å². The van der Waals surface area contributed by atoms with Crippen LogP contribution in [0.2, 0.25) is 19.6 Å². The van der Waals surface area contributed by atoms with Crippen molar-refractivity contribution in [1.29, 1.82) is 0 Å². The topological polar surface area (TPSA) is 167 Å². The van der Waals surface area contributed by atoms with Gasteiger partial charge in [0.05, 0.1) is 33.9 Å². The number of nitrogens with one attached hydrogen (secondary N) is 1. The van der Waals surface area contributed by atoms with E-state index >= 15 is 0 Å². The van der Waals surface area contributed by atoms with Crippen LogP contribution in [0.5, 0.6) is 0 Å². The van der Waals surface area contributed by atoms with E-state index in [0.717, 1.165) is 38.5 Å². The average molecular weight is 900 g/mol. The maximum Gasteiger partial charge on any atom is 1.00 e. The minimum atomic E-state index is -4.85. The summed E-state index contributed by atoms with van der Waals surface area (Å²) in [5.74, 6) is -1.85. The second kappa shape index (κ2) is 42.2. The van der Waals surface area contributed by atoms with Crippen molar-refractivity contribution in [3.8, 4) is 0 Å². The van der Waals surface area contributed by atoms with Crippen LogP contribution in [0, 0.1) is 0 Å². The van der Waals surface area contributed by atoms with Crippen molar-refractivity contribution in [3.05, 3.63) is 0 Å². The first-order chi connectivity index (χ1) is 28.3. The molecule has 0 rings (SSSR count). The molecule has 15 heteroatoms. The summed E-state index contributed by atoms with van der Waals surface area (Å²) in [6.45, 7) is 9.23. The molecule has 0 saturated carbocycles. The first-order valence-electron chi connectivity index (χ1n) is 23.7. The zero-order valence-electron chi connectivity index (χ0n) is 39.3. The van der Waals surface area contributed by atoms with Crippen LogP contribution >= 0.6 is 7.82 Å². The molecule has 0 aromatic heterocycles. The standard InChI is InChI=1S/C45H88NO11PSi.Na/c1-6-8-10-12-14-16-18-20-22-24-26-28-30-32-43(48)53-38-41(57-45(50)33-31-29-27-25-23-21-19-17-15-13-11-9-7-2)39-56-58(51,52)55-37-36-46-42(47)34-35-44(49)54-40-59(3,4)5;/h41H,6-40H2,1-5H3,(H,46,47)(H,51,52);/q;+1/p-1. The summed E-state index contributed by atoms with van der Waals surface area (Å²) in [6, 6.07) is 0. The van der Waals surface area contributed by atoms with Crippen LogP contribution in [0.25, 0.3) is 0 Å². The Morgan fingerprint density at radius 3 is 1.37 bits per heavy atom. The molecule has 1 amide bonds. The van der Waals surface area contributed by atoms with Gasteiger partial charge in [0, 0.05) is 25.8 Å². The number of phosphoric ester groups is 1. The van der Waals surface area contributed by atoms with Crippen molar-refractivity contribution >= 4 is 39.7 Å². The predicted molar refractivity (Wildman–Crippen MR) is 238 cm³/mol. The first kappa shape index (κ1) is 61.3. The molecule has 1 N–H and O–H groups in total. The Bertz CT molecular complexity index is 1110. The third-order valence-corrected chi connectivity index (χ3v) is 12.0. The van der Waals surface area contributed by atoms with Crippen LogP contribution in [0.3, 0.4) is 0 Å². The van der Waals surface area contributed by atoms with Crippen LogP contribution in [0.4, 0.5) is 0 Å². The van der Waals surface area contributed by atoms with Crippen molar-refractivity contribution in [2.24, 2.45) is 0 Å². The Kier molecular flexibility index (Phi) is 43.1. The largest absolute Gasteiger partial charge is 1.00 e. The van der Waals surface area contributed by atoms with Gasteiger partial charge in [0.25, 0.3) is 7.82 Å². The molecule has 0 fully saturated rings. The normalized spacial score (nSPS) is 12.9. The minimum absolute atomic E-state index is 0. The van der Waals surface area contributed by atoms with Crippen LogP contribution in [0.15, 0.2) is 0 Å². The number of carbonyl (C=O) groups is 4. The first-order valence-corrected chi connectivity index (χ1v) is 28.8. The summed E-state index contributed by atoms with van der Waals surface area (Å²) >= 11 is 0. The van der Waals surface area contributed by atoms with Gasteiger partial charge < -0.3 is 33.5 Å². The zero-order valence-corrected chi connectivity index (χ0v) is 43.2. The Morgan fingerprint density at radius 2 is 0.933 bits per heavy atom. The molecule has 0 aromatic rings. The molecule has 2 atom stereocenters. The van der Waals surface area contributed by atoms with E-state index in [2.05, 4.69) is 38.8 Å². The maximum atomic E-state index is 12.7. The van der Waals surface area contributed by atoms with E-state index in [0.29, 0.717) is 19.1 Å². The monoisotopic (exact) mass is 900 g/mol. The number of unbranched alkanes of at least 4 members (excludes halogenated alkanes) is 24. The summed E-state index contributed by atoms with van der Waals surface area (Å²) in [5.41, 5.74) is 0. The van der Waals surface area contributed by atoms with Gasteiger partial charge in [-0.05, 0) is 12.8 Å². The third kappa shape index (κ3) is 45.2. The number of hydrogen-bond acceptors (Lipinski definition) is 11. The van der Waals surface area contributed by atoms with Crippen molar-refractivity contribution < 1.29 is 81.5 Å². The summed E-state index contributed by atoms with van der Waals surface area (Å²) in [7, 11) is -6.41. The number of rotatable bonds is 43. The van der Waals surface area contributed by atoms with Crippen LogP contribution < -0.4 is 39.8 Å². The molecule has 0 heterocycles. The number of carbonyl (C=O) groups excluding carboxylic acids is 4. The van der Waals surface area contributed by atoms with E-state index in [4.69, 9.17) is 23.3 Å². The Hall–Kier alpha value is -0.793. The van der Waals surface area contributed by atoms with Gasteiger partial charge in [-0.2, -0.15) is 0 Å². The molecule has 0 aliphatic rings. The molecule has 0 spiro atoms. The van der Waals surface area contributed by atoms with Crippen LogP contribution in [-0.2, 0) is 47.0 Å². The van der Waals surface area contributed by atoms with Crippen molar-refractivity contribution in [1.82, 2.24) is 5.32 Å². The number of esters is 3. The van der Waals surface area contributed by atoms with Gasteiger partial charge in [-0.1, -0.05) is 188 Å². The number of amides is 1. The summed E-state index contributed by atoms with van der Waals surface area (Å²) in [6.07, 6.45) is 30.4. The van der Waals surface area contributed by atoms with Gasteiger partial charge in [-0.3, -0.25) is 23.7 Å². The molecule has 0 aliphatic carbocycles. The van der Waals surface area contributed by atoms with E-state index in [1.54, 1.807) is 0 Å². The molecule has 12 nitrogen and oxygen atoms in total. The van der Waals surface area contributed by atoms with E-state index in [1.165, 1.54) is 116 Å². The van der Waals surface area contributed by atoms with Gasteiger partial charge in [0.15, 0.2) is 6.10 Å². The van der Waals surface area contributed by atoms with Gasteiger partial charge in [-0.15, -0.1) is 0 Å². The fourth-order valence-corrected chi connectivity index (χ4v) is 7.76. The fraction of sp³-hybridized carbons (Fsp3) is 0.911. The maximum absolute atomic E-state index is 12.7. The van der Waals surface area contributed by atoms with Crippen molar-refractivity contribution in [3.63, 3.8) is 0 Å². The quantitative estimate of drug-likeness (QED) is 0.0206. The molecular formula is C45H87NNaO11PSi. The molecule has 0 aromatic carbocycles. The van der Waals surface area contributed by atoms with E-state index in [9.17, 15) is 28.6 Å².